The fourth-order valence-corrected chi connectivity index (χ4v) is 2.67. The molecule has 1 N–H and O–H groups in total. The number of rotatable bonds is 2. The molecule has 4 nitrogen and oxygen atoms in total. The van der Waals surface area contributed by atoms with Gasteiger partial charge in [-0.25, -0.2) is 4.79 Å². The van der Waals surface area contributed by atoms with Gasteiger partial charge in [-0.2, -0.15) is 0 Å². The van der Waals surface area contributed by atoms with Gasteiger partial charge in [-0.05, 0) is 59.3 Å². The number of nitrogens with one attached hydrogen (secondary N) is 1. The first-order chi connectivity index (χ1) is 9.56. The number of halogens is 1. The standard InChI is InChI=1S/C15H10INO3/c1-8-3-2-4-10(13(8)16)14(18)9-5-6-11-12(7-9)20-15(19)17-11/h2-7H,1H3,(H,17,19). The van der Waals surface area contributed by atoms with Gasteiger partial charge in [0.15, 0.2) is 11.4 Å². The SMILES string of the molecule is Cc1cccc(C(=O)c2ccc3[nH]c(=O)oc3c2)c1I. The molecule has 0 aliphatic heterocycles. The number of aryl methyl sites for hydroxylation is 1. The molecule has 3 rings (SSSR count). The summed E-state index contributed by atoms with van der Waals surface area (Å²) in [4.78, 5) is 26.2. The molecule has 0 aliphatic carbocycles. The van der Waals surface area contributed by atoms with E-state index in [0.29, 0.717) is 22.2 Å². The summed E-state index contributed by atoms with van der Waals surface area (Å²) in [6, 6.07) is 10.6. The molecule has 5 heteroatoms. The van der Waals surface area contributed by atoms with Crippen molar-refractivity contribution in [3.8, 4) is 0 Å². The minimum absolute atomic E-state index is 0.0798. The molecule has 0 unspecified atom stereocenters. The van der Waals surface area contributed by atoms with E-state index in [1.54, 1.807) is 24.3 Å². The van der Waals surface area contributed by atoms with Crippen LogP contribution >= 0.6 is 22.6 Å². The van der Waals surface area contributed by atoms with Crippen LogP contribution in [0, 0.1) is 10.5 Å². The Morgan fingerprint density at radius 3 is 2.85 bits per heavy atom. The van der Waals surface area contributed by atoms with Gasteiger partial charge in [0.1, 0.15) is 0 Å². The molecule has 0 aliphatic rings. The predicted molar refractivity (Wildman–Crippen MR) is 84.2 cm³/mol. The van der Waals surface area contributed by atoms with E-state index in [2.05, 4.69) is 27.6 Å². The number of hydrogen-bond donors (Lipinski definition) is 1. The Kier molecular flexibility index (Phi) is 3.21. The van der Waals surface area contributed by atoms with Crippen molar-refractivity contribution in [1.29, 1.82) is 0 Å². The number of aromatic amines is 1. The van der Waals surface area contributed by atoms with E-state index < -0.39 is 5.76 Å². The number of fused-ring (bicyclic) bond motifs is 1. The van der Waals surface area contributed by atoms with E-state index in [0.717, 1.165) is 9.13 Å². The van der Waals surface area contributed by atoms with E-state index in [9.17, 15) is 9.59 Å². The van der Waals surface area contributed by atoms with Crippen LogP contribution in [0.15, 0.2) is 45.6 Å². The Morgan fingerprint density at radius 2 is 2.05 bits per heavy atom. The molecule has 0 fully saturated rings. The third-order valence-electron chi connectivity index (χ3n) is 3.12. The maximum atomic E-state index is 12.5. The molecule has 100 valence electrons. The number of oxazole rings is 1. The molecule has 0 amide bonds. The highest BCUT2D eigenvalue weighted by molar-refractivity contribution is 14.1. The van der Waals surface area contributed by atoms with Crippen LogP contribution in [0.2, 0.25) is 0 Å². The Balaban J connectivity index is 2.12. The van der Waals surface area contributed by atoms with Crippen molar-refractivity contribution in [3.05, 3.63) is 67.2 Å². The summed E-state index contributed by atoms with van der Waals surface area (Å²) >= 11 is 2.17. The molecule has 2 aromatic carbocycles. The third-order valence-corrected chi connectivity index (χ3v) is 4.55. The fourth-order valence-electron chi connectivity index (χ4n) is 2.06. The summed E-state index contributed by atoms with van der Waals surface area (Å²) in [7, 11) is 0. The molecule has 0 bridgehead atoms. The minimum Gasteiger partial charge on any atom is -0.408 e. The Hall–Kier alpha value is -1.89. The largest absolute Gasteiger partial charge is 0.417 e. The van der Waals surface area contributed by atoms with Crippen LogP contribution in [0.1, 0.15) is 21.5 Å². The van der Waals surface area contributed by atoms with E-state index in [-0.39, 0.29) is 5.78 Å². The molecule has 0 spiro atoms. The van der Waals surface area contributed by atoms with E-state index in [4.69, 9.17) is 4.42 Å². The molecule has 0 atom stereocenters. The van der Waals surface area contributed by atoms with E-state index >= 15 is 0 Å². The quantitative estimate of drug-likeness (QED) is 0.549. The van der Waals surface area contributed by atoms with Gasteiger partial charge in [0.25, 0.3) is 0 Å². The molecule has 20 heavy (non-hydrogen) atoms. The van der Waals surface area contributed by atoms with Crippen LogP contribution in [-0.4, -0.2) is 10.8 Å². The maximum absolute atomic E-state index is 12.5. The van der Waals surface area contributed by atoms with Crippen molar-refractivity contribution < 1.29 is 9.21 Å². The second-order valence-corrected chi connectivity index (χ2v) is 5.57. The van der Waals surface area contributed by atoms with Crippen molar-refractivity contribution in [2.24, 2.45) is 0 Å². The molecular formula is C15H10INO3. The van der Waals surface area contributed by atoms with Crippen molar-refractivity contribution in [2.45, 2.75) is 6.92 Å². The van der Waals surface area contributed by atoms with Gasteiger partial charge in [0, 0.05) is 14.7 Å². The highest BCUT2D eigenvalue weighted by atomic mass is 127. The number of carbonyl (C=O) groups excluding carboxylic acids is 1. The molecule has 1 aromatic heterocycles. The molecule has 0 saturated heterocycles. The average molecular weight is 379 g/mol. The normalized spacial score (nSPS) is 10.9. The zero-order valence-corrected chi connectivity index (χ0v) is 12.7. The van der Waals surface area contributed by atoms with Gasteiger partial charge in [-0.15, -0.1) is 0 Å². The van der Waals surface area contributed by atoms with Crippen molar-refractivity contribution in [1.82, 2.24) is 4.98 Å². The van der Waals surface area contributed by atoms with Crippen molar-refractivity contribution in [3.63, 3.8) is 0 Å². The van der Waals surface area contributed by atoms with Gasteiger partial charge in [0.05, 0.1) is 5.52 Å². The topological polar surface area (TPSA) is 63.1 Å². The Bertz CT molecular complexity index is 876. The summed E-state index contributed by atoms with van der Waals surface area (Å²) in [6.45, 7) is 1.97. The first-order valence-electron chi connectivity index (χ1n) is 5.99. The zero-order valence-electron chi connectivity index (χ0n) is 10.6. The van der Waals surface area contributed by atoms with Crippen LogP contribution in [0.5, 0.6) is 0 Å². The lowest BCUT2D eigenvalue weighted by Crippen LogP contribution is -2.04. The van der Waals surface area contributed by atoms with Crippen LogP contribution in [0.4, 0.5) is 0 Å². The van der Waals surface area contributed by atoms with Crippen LogP contribution < -0.4 is 5.76 Å². The van der Waals surface area contributed by atoms with Crippen molar-refractivity contribution in [2.75, 3.05) is 0 Å². The molecule has 3 aromatic rings. The van der Waals surface area contributed by atoms with E-state index in [1.165, 1.54) is 0 Å². The lowest BCUT2D eigenvalue weighted by molar-refractivity contribution is 0.103. The maximum Gasteiger partial charge on any atom is 0.417 e. The second kappa shape index (κ2) is 4.90. The molecule has 1 heterocycles. The first kappa shape index (κ1) is 13.1. The Morgan fingerprint density at radius 1 is 1.25 bits per heavy atom. The number of ketones is 1. The monoisotopic (exact) mass is 379 g/mol. The third kappa shape index (κ3) is 2.18. The number of hydrogen-bond acceptors (Lipinski definition) is 3. The van der Waals surface area contributed by atoms with Gasteiger partial charge < -0.3 is 4.42 Å². The number of aromatic nitrogens is 1. The smallest absolute Gasteiger partial charge is 0.408 e. The number of carbonyl (C=O) groups is 1. The molecule has 0 radical (unpaired) electrons. The summed E-state index contributed by atoms with van der Waals surface area (Å²) in [5.41, 5.74) is 3.20. The number of benzene rings is 2. The zero-order chi connectivity index (χ0) is 14.3. The first-order valence-corrected chi connectivity index (χ1v) is 7.07. The minimum atomic E-state index is -0.519. The van der Waals surface area contributed by atoms with Gasteiger partial charge in [-0.3, -0.25) is 9.78 Å². The van der Waals surface area contributed by atoms with Crippen LogP contribution in [-0.2, 0) is 0 Å². The highest BCUT2D eigenvalue weighted by Gasteiger charge is 2.15. The number of H-pyrrole nitrogens is 1. The van der Waals surface area contributed by atoms with Gasteiger partial charge in [-0.1, -0.05) is 12.1 Å². The fraction of sp³-hybridized carbons (Fsp3) is 0.0667. The van der Waals surface area contributed by atoms with Crippen molar-refractivity contribution >= 4 is 39.5 Å². The van der Waals surface area contributed by atoms with Crippen LogP contribution in [0.3, 0.4) is 0 Å². The lowest BCUT2D eigenvalue weighted by atomic mass is 10.0. The van der Waals surface area contributed by atoms with E-state index in [1.807, 2.05) is 19.1 Å². The van der Waals surface area contributed by atoms with Crippen LogP contribution in [0.25, 0.3) is 11.1 Å². The predicted octanol–water partition coefficient (Wildman–Crippen LogP) is 3.27. The lowest BCUT2D eigenvalue weighted by Gasteiger charge is -2.06. The van der Waals surface area contributed by atoms with Gasteiger partial charge >= 0.3 is 5.76 Å². The average Bonchev–Trinajstić information content (AvgIpc) is 2.80. The summed E-state index contributed by atoms with van der Waals surface area (Å²) < 4.78 is 5.92. The summed E-state index contributed by atoms with van der Waals surface area (Å²) in [5.74, 6) is -0.599. The molecule has 0 saturated carbocycles. The summed E-state index contributed by atoms with van der Waals surface area (Å²) in [5, 5.41) is 0. The summed E-state index contributed by atoms with van der Waals surface area (Å²) in [6.07, 6.45) is 0. The molecular weight excluding hydrogens is 369 g/mol. The Labute approximate surface area is 127 Å². The highest BCUT2D eigenvalue weighted by Crippen LogP contribution is 2.21. The van der Waals surface area contributed by atoms with Gasteiger partial charge in [0.2, 0.25) is 0 Å². The second-order valence-electron chi connectivity index (χ2n) is 4.49.